The summed E-state index contributed by atoms with van der Waals surface area (Å²) in [4.78, 5) is 18.5. The monoisotopic (exact) mass is 277 g/mol. The number of nitrogens with two attached hydrogens (primary N) is 1. The maximum Gasteiger partial charge on any atom is 0.434 e. The molecule has 106 valence electrons. The number of esters is 1. The van der Waals surface area contributed by atoms with Crippen LogP contribution in [0.3, 0.4) is 0 Å². The number of hydrogen-bond donors (Lipinski definition) is 1. The Bertz CT molecular complexity index is 481. The van der Waals surface area contributed by atoms with Crippen molar-refractivity contribution in [1.82, 2.24) is 9.97 Å². The van der Waals surface area contributed by atoms with Gasteiger partial charge in [-0.2, -0.15) is 13.2 Å². The molecule has 0 aromatic carbocycles. The Kier molecular flexibility index (Phi) is 4.14. The van der Waals surface area contributed by atoms with Crippen molar-refractivity contribution in [3.05, 3.63) is 23.3 Å². The molecule has 0 saturated carbocycles. The summed E-state index contributed by atoms with van der Waals surface area (Å²) in [7, 11) is 0. The minimum Gasteiger partial charge on any atom is -0.456 e. The molecule has 0 spiro atoms. The predicted octanol–water partition coefficient (Wildman–Crippen LogP) is 1.91. The number of aromatic nitrogens is 2. The van der Waals surface area contributed by atoms with Gasteiger partial charge in [0.15, 0.2) is 5.69 Å². The lowest BCUT2D eigenvalue weighted by molar-refractivity contribution is -0.142. The normalized spacial score (nSPS) is 12.4. The molecule has 0 atom stereocenters. The van der Waals surface area contributed by atoms with Crippen LogP contribution in [0.2, 0.25) is 0 Å². The Hall–Kier alpha value is -1.70. The average molecular weight is 277 g/mol. The minimum atomic E-state index is -4.78. The molecule has 0 aliphatic rings. The molecular formula is C11H14F3N3O2. The van der Waals surface area contributed by atoms with E-state index in [2.05, 4.69) is 9.97 Å². The van der Waals surface area contributed by atoms with Gasteiger partial charge in [0.1, 0.15) is 17.0 Å². The smallest absolute Gasteiger partial charge is 0.434 e. The molecular weight excluding hydrogens is 263 g/mol. The summed E-state index contributed by atoms with van der Waals surface area (Å²) in [6.07, 6.45) is -3.99. The van der Waals surface area contributed by atoms with Crippen molar-refractivity contribution in [1.29, 1.82) is 0 Å². The summed E-state index contributed by atoms with van der Waals surface area (Å²) < 4.78 is 43.3. The summed E-state index contributed by atoms with van der Waals surface area (Å²) in [6.45, 7) is 4.39. The van der Waals surface area contributed by atoms with Gasteiger partial charge in [0, 0.05) is 6.20 Å². The second-order valence-corrected chi connectivity index (χ2v) is 4.75. The zero-order chi connectivity index (χ0) is 14.8. The SMILES string of the molecule is CC(C)(C)OC(=O)c1cnc(CN)nc1C(F)(F)F. The molecule has 8 heteroatoms. The van der Waals surface area contributed by atoms with E-state index in [0.717, 1.165) is 6.20 Å². The highest BCUT2D eigenvalue weighted by atomic mass is 19.4. The largest absolute Gasteiger partial charge is 0.456 e. The van der Waals surface area contributed by atoms with Crippen LogP contribution in [0.4, 0.5) is 13.2 Å². The van der Waals surface area contributed by atoms with E-state index in [1.807, 2.05) is 0 Å². The van der Waals surface area contributed by atoms with Crippen molar-refractivity contribution in [2.75, 3.05) is 0 Å². The number of alkyl halides is 3. The Morgan fingerprint density at radius 2 is 1.95 bits per heavy atom. The summed E-state index contributed by atoms with van der Waals surface area (Å²) in [5, 5.41) is 0. The van der Waals surface area contributed by atoms with Crippen LogP contribution in [0.5, 0.6) is 0 Å². The van der Waals surface area contributed by atoms with Gasteiger partial charge < -0.3 is 10.5 Å². The van der Waals surface area contributed by atoms with Crippen LogP contribution < -0.4 is 5.73 Å². The quantitative estimate of drug-likeness (QED) is 0.835. The third-order valence-electron chi connectivity index (χ3n) is 1.91. The fraction of sp³-hybridized carbons (Fsp3) is 0.545. The van der Waals surface area contributed by atoms with Crippen molar-refractivity contribution in [3.8, 4) is 0 Å². The van der Waals surface area contributed by atoms with Crippen LogP contribution in [0.25, 0.3) is 0 Å². The lowest BCUT2D eigenvalue weighted by Gasteiger charge is -2.20. The molecule has 0 aliphatic heterocycles. The van der Waals surface area contributed by atoms with Gasteiger partial charge in [0.05, 0.1) is 6.54 Å². The maximum atomic E-state index is 12.8. The van der Waals surface area contributed by atoms with E-state index in [1.54, 1.807) is 20.8 Å². The van der Waals surface area contributed by atoms with E-state index in [-0.39, 0.29) is 12.4 Å². The van der Waals surface area contributed by atoms with Gasteiger partial charge in [-0.15, -0.1) is 0 Å². The third kappa shape index (κ3) is 4.16. The number of nitrogens with zero attached hydrogens (tertiary/aromatic N) is 2. The molecule has 1 aromatic heterocycles. The highest BCUT2D eigenvalue weighted by Gasteiger charge is 2.39. The standard InChI is InChI=1S/C11H14F3N3O2/c1-10(2,3)19-9(18)6-5-16-7(4-15)17-8(6)11(12,13)14/h5H,4,15H2,1-3H3. The molecule has 1 rings (SSSR count). The molecule has 0 aliphatic carbocycles. The summed E-state index contributed by atoms with van der Waals surface area (Å²) in [5.41, 5.74) is 2.21. The zero-order valence-corrected chi connectivity index (χ0v) is 10.7. The van der Waals surface area contributed by atoms with Crippen molar-refractivity contribution < 1.29 is 22.7 Å². The van der Waals surface area contributed by atoms with Gasteiger partial charge >= 0.3 is 12.1 Å². The van der Waals surface area contributed by atoms with Gasteiger partial charge in [-0.3, -0.25) is 0 Å². The molecule has 2 N–H and O–H groups in total. The van der Waals surface area contributed by atoms with E-state index < -0.39 is 29.0 Å². The lowest BCUT2D eigenvalue weighted by Crippen LogP contribution is -2.27. The maximum absolute atomic E-state index is 12.8. The van der Waals surface area contributed by atoms with Crippen molar-refractivity contribution in [2.24, 2.45) is 5.73 Å². The Morgan fingerprint density at radius 3 is 2.37 bits per heavy atom. The second-order valence-electron chi connectivity index (χ2n) is 4.75. The van der Waals surface area contributed by atoms with Crippen LogP contribution in [0.15, 0.2) is 6.20 Å². The van der Waals surface area contributed by atoms with Gasteiger partial charge in [0.2, 0.25) is 0 Å². The first kappa shape index (κ1) is 15.4. The van der Waals surface area contributed by atoms with Crippen LogP contribution in [0.1, 0.15) is 42.6 Å². The van der Waals surface area contributed by atoms with E-state index >= 15 is 0 Å². The molecule has 0 radical (unpaired) electrons. The molecule has 19 heavy (non-hydrogen) atoms. The van der Waals surface area contributed by atoms with Crippen molar-refractivity contribution in [2.45, 2.75) is 39.1 Å². The number of hydrogen-bond acceptors (Lipinski definition) is 5. The topological polar surface area (TPSA) is 78.1 Å². The molecule has 5 nitrogen and oxygen atoms in total. The molecule has 1 aromatic rings. The molecule has 1 heterocycles. The van der Waals surface area contributed by atoms with E-state index in [1.165, 1.54) is 0 Å². The lowest BCUT2D eigenvalue weighted by atomic mass is 10.1. The summed E-state index contributed by atoms with van der Waals surface area (Å²) in [5.74, 6) is -1.32. The molecule has 0 amide bonds. The fourth-order valence-electron chi connectivity index (χ4n) is 1.22. The summed E-state index contributed by atoms with van der Waals surface area (Å²) in [6, 6.07) is 0. The minimum absolute atomic E-state index is 0.195. The Balaban J connectivity index is 3.24. The van der Waals surface area contributed by atoms with Crippen LogP contribution in [-0.2, 0) is 17.5 Å². The molecule has 0 bridgehead atoms. The first-order chi connectivity index (χ1) is 8.54. The highest BCUT2D eigenvalue weighted by Crippen LogP contribution is 2.31. The van der Waals surface area contributed by atoms with E-state index in [0.29, 0.717) is 0 Å². The van der Waals surface area contributed by atoms with Crippen LogP contribution >= 0.6 is 0 Å². The molecule has 0 fully saturated rings. The Labute approximate surface area is 108 Å². The summed E-state index contributed by atoms with van der Waals surface area (Å²) >= 11 is 0. The first-order valence-electron chi connectivity index (χ1n) is 5.41. The zero-order valence-electron chi connectivity index (χ0n) is 10.7. The predicted molar refractivity (Wildman–Crippen MR) is 60.1 cm³/mol. The van der Waals surface area contributed by atoms with Crippen molar-refractivity contribution >= 4 is 5.97 Å². The number of rotatable bonds is 2. The van der Waals surface area contributed by atoms with Crippen molar-refractivity contribution in [3.63, 3.8) is 0 Å². The number of carbonyl (C=O) groups excluding carboxylic acids is 1. The van der Waals surface area contributed by atoms with Crippen LogP contribution in [0, 0.1) is 0 Å². The molecule has 0 saturated heterocycles. The number of carbonyl (C=O) groups is 1. The third-order valence-corrected chi connectivity index (χ3v) is 1.91. The van der Waals surface area contributed by atoms with Gasteiger partial charge in [0.25, 0.3) is 0 Å². The Morgan fingerprint density at radius 1 is 1.37 bits per heavy atom. The van der Waals surface area contributed by atoms with E-state index in [9.17, 15) is 18.0 Å². The van der Waals surface area contributed by atoms with E-state index in [4.69, 9.17) is 10.5 Å². The average Bonchev–Trinajstić information content (AvgIpc) is 2.24. The van der Waals surface area contributed by atoms with Gasteiger partial charge in [-0.05, 0) is 20.8 Å². The number of ether oxygens (including phenoxy) is 1. The highest BCUT2D eigenvalue weighted by molar-refractivity contribution is 5.90. The first-order valence-corrected chi connectivity index (χ1v) is 5.41. The van der Waals surface area contributed by atoms with Gasteiger partial charge in [-0.25, -0.2) is 14.8 Å². The van der Waals surface area contributed by atoms with Crippen LogP contribution in [-0.4, -0.2) is 21.5 Å². The number of halogens is 3. The fourth-order valence-corrected chi connectivity index (χ4v) is 1.22. The molecule has 0 unspecified atom stereocenters. The van der Waals surface area contributed by atoms with Gasteiger partial charge in [-0.1, -0.05) is 0 Å². The second kappa shape index (κ2) is 5.12.